The highest BCUT2D eigenvalue weighted by Gasteiger charge is 2.30. The first-order valence-corrected chi connectivity index (χ1v) is 10.5. The van der Waals surface area contributed by atoms with Gasteiger partial charge in [0.15, 0.2) is 0 Å². The molecule has 1 aromatic carbocycles. The van der Waals surface area contributed by atoms with Crippen molar-refractivity contribution in [2.75, 3.05) is 13.1 Å². The molecular formula is C21H27N3O3S. The number of nitrogens with zero attached hydrogens (tertiary/aromatic N) is 2. The summed E-state index contributed by atoms with van der Waals surface area (Å²) < 4.78 is 5.43. The first-order chi connectivity index (χ1) is 13.3. The van der Waals surface area contributed by atoms with Gasteiger partial charge in [-0.3, -0.25) is 4.79 Å². The predicted molar refractivity (Wildman–Crippen MR) is 110 cm³/mol. The van der Waals surface area contributed by atoms with E-state index in [1.54, 1.807) is 4.90 Å². The molecule has 150 valence electrons. The highest BCUT2D eigenvalue weighted by molar-refractivity contribution is 7.09. The van der Waals surface area contributed by atoms with Crippen LogP contribution < -0.4 is 5.32 Å². The molecule has 1 fully saturated rings. The molecule has 2 aromatic rings. The summed E-state index contributed by atoms with van der Waals surface area (Å²) in [6.07, 6.45) is 1.22. The van der Waals surface area contributed by atoms with Gasteiger partial charge in [0.2, 0.25) is 5.91 Å². The average molecular weight is 402 g/mol. The van der Waals surface area contributed by atoms with Gasteiger partial charge in [0, 0.05) is 24.0 Å². The van der Waals surface area contributed by atoms with Crippen molar-refractivity contribution < 1.29 is 14.3 Å². The van der Waals surface area contributed by atoms with Crippen molar-refractivity contribution in [1.82, 2.24) is 15.2 Å². The Hall–Kier alpha value is -2.41. The maximum atomic E-state index is 12.6. The first kappa shape index (κ1) is 20.3. The molecule has 1 aliphatic heterocycles. The molecule has 0 radical (unpaired) electrons. The Morgan fingerprint density at radius 3 is 2.75 bits per heavy atom. The second-order valence-corrected chi connectivity index (χ2v) is 8.92. The Morgan fingerprint density at radius 2 is 2.04 bits per heavy atom. The van der Waals surface area contributed by atoms with Crippen LogP contribution in [0, 0.1) is 5.92 Å². The third-order valence-corrected chi connectivity index (χ3v) is 5.33. The normalized spacial score (nSPS) is 17.2. The van der Waals surface area contributed by atoms with Gasteiger partial charge in [0.25, 0.3) is 0 Å². The van der Waals surface area contributed by atoms with E-state index in [4.69, 9.17) is 4.74 Å². The van der Waals surface area contributed by atoms with Crippen molar-refractivity contribution in [3.05, 3.63) is 40.7 Å². The maximum Gasteiger partial charge on any atom is 0.410 e. The van der Waals surface area contributed by atoms with Crippen molar-refractivity contribution >= 4 is 23.3 Å². The largest absolute Gasteiger partial charge is 0.444 e. The number of benzene rings is 1. The van der Waals surface area contributed by atoms with E-state index in [1.807, 2.05) is 56.5 Å². The highest BCUT2D eigenvalue weighted by Crippen LogP contribution is 2.22. The van der Waals surface area contributed by atoms with Crippen molar-refractivity contribution in [2.24, 2.45) is 5.92 Å². The van der Waals surface area contributed by atoms with E-state index in [0.29, 0.717) is 19.6 Å². The molecule has 0 bridgehead atoms. The lowest BCUT2D eigenvalue weighted by molar-refractivity contribution is -0.126. The number of carbonyl (C=O) groups is 2. The number of ether oxygens (including phenoxy) is 1. The van der Waals surface area contributed by atoms with Crippen LogP contribution in [-0.2, 0) is 16.1 Å². The molecule has 2 amide bonds. The second-order valence-electron chi connectivity index (χ2n) is 7.98. The number of piperidine rings is 1. The van der Waals surface area contributed by atoms with Crippen LogP contribution in [0.1, 0.15) is 38.6 Å². The zero-order chi connectivity index (χ0) is 20.1. The summed E-state index contributed by atoms with van der Waals surface area (Å²) in [5.74, 6) is -0.250. The van der Waals surface area contributed by atoms with E-state index in [2.05, 4.69) is 10.3 Å². The predicted octanol–water partition coefficient (Wildman–Crippen LogP) is 4.07. The number of hydrogen-bond acceptors (Lipinski definition) is 5. The Morgan fingerprint density at radius 1 is 1.29 bits per heavy atom. The number of likely N-dealkylation sites (tertiary alicyclic amines) is 1. The van der Waals surface area contributed by atoms with Crippen LogP contribution >= 0.6 is 11.3 Å². The van der Waals surface area contributed by atoms with Gasteiger partial charge in [-0.2, -0.15) is 0 Å². The summed E-state index contributed by atoms with van der Waals surface area (Å²) in [6.45, 7) is 6.96. The molecule has 28 heavy (non-hydrogen) atoms. The zero-order valence-electron chi connectivity index (χ0n) is 16.6. The van der Waals surface area contributed by atoms with Crippen LogP contribution in [0.2, 0.25) is 0 Å². The van der Waals surface area contributed by atoms with Gasteiger partial charge in [-0.05, 0) is 33.6 Å². The minimum absolute atomic E-state index is 0.0373. The lowest BCUT2D eigenvalue weighted by Crippen LogP contribution is -2.46. The minimum atomic E-state index is -0.534. The molecule has 2 heterocycles. The molecule has 1 N–H and O–H groups in total. The summed E-state index contributed by atoms with van der Waals surface area (Å²) in [4.78, 5) is 31.1. The molecular weight excluding hydrogens is 374 g/mol. The SMILES string of the molecule is CC(C)(C)OC(=O)N1CCC[C@H](C(=O)NCc2nc(-c3ccccc3)cs2)C1. The van der Waals surface area contributed by atoms with Gasteiger partial charge in [-0.15, -0.1) is 11.3 Å². The average Bonchev–Trinajstić information content (AvgIpc) is 3.15. The van der Waals surface area contributed by atoms with E-state index in [1.165, 1.54) is 11.3 Å². The fourth-order valence-electron chi connectivity index (χ4n) is 3.12. The van der Waals surface area contributed by atoms with Crippen LogP contribution in [0.15, 0.2) is 35.7 Å². The van der Waals surface area contributed by atoms with Crippen LogP contribution in [0.25, 0.3) is 11.3 Å². The number of amides is 2. The molecule has 7 heteroatoms. The molecule has 1 aliphatic rings. The Labute approximate surface area is 169 Å². The topological polar surface area (TPSA) is 71.5 Å². The van der Waals surface area contributed by atoms with Crippen molar-refractivity contribution in [3.63, 3.8) is 0 Å². The van der Waals surface area contributed by atoms with E-state index in [0.717, 1.165) is 29.1 Å². The molecule has 1 atom stereocenters. The third kappa shape index (κ3) is 5.55. The van der Waals surface area contributed by atoms with Gasteiger partial charge < -0.3 is 15.0 Å². The Balaban J connectivity index is 1.52. The fraction of sp³-hybridized carbons (Fsp3) is 0.476. The van der Waals surface area contributed by atoms with Gasteiger partial charge >= 0.3 is 6.09 Å². The lowest BCUT2D eigenvalue weighted by atomic mass is 9.97. The molecule has 1 saturated heterocycles. The standard InChI is InChI=1S/C21H27N3O3S/c1-21(2,3)27-20(26)24-11-7-10-16(13-24)19(25)22-12-18-23-17(14-28-18)15-8-5-4-6-9-15/h4-6,8-9,14,16H,7,10-13H2,1-3H3,(H,22,25)/t16-/m0/s1. The number of carbonyl (C=O) groups excluding carboxylic acids is 2. The van der Waals surface area contributed by atoms with E-state index >= 15 is 0 Å². The van der Waals surface area contributed by atoms with Crippen LogP contribution in [-0.4, -0.2) is 40.6 Å². The number of nitrogens with one attached hydrogen (secondary N) is 1. The molecule has 0 aliphatic carbocycles. The third-order valence-electron chi connectivity index (χ3n) is 4.48. The number of rotatable bonds is 4. The van der Waals surface area contributed by atoms with Crippen molar-refractivity contribution in [3.8, 4) is 11.3 Å². The smallest absolute Gasteiger partial charge is 0.410 e. The molecule has 3 rings (SSSR count). The number of hydrogen-bond donors (Lipinski definition) is 1. The first-order valence-electron chi connectivity index (χ1n) is 9.57. The summed E-state index contributed by atoms with van der Waals surface area (Å²) >= 11 is 1.53. The molecule has 6 nitrogen and oxygen atoms in total. The zero-order valence-corrected chi connectivity index (χ0v) is 17.4. The molecule has 0 spiro atoms. The monoisotopic (exact) mass is 401 g/mol. The number of aromatic nitrogens is 1. The van der Waals surface area contributed by atoms with Crippen LogP contribution in [0.5, 0.6) is 0 Å². The Kier molecular flexibility index (Phi) is 6.34. The minimum Gasteiger partial charge on any atom is -0.444 e. The summed E-state index contributed by atoms with van der Waals surface area (Å²) in [5, 5.41) is 5.84. The van der Waals surface area contributed by atoms with E-state index in [9.17, 15) is 9.59 Å². The van der Waals surface area contributed by atoms with Gasteiger partial charge in [0.1, 0.15) is 10.6 Å². The van der Waals surface area contributed by atoms with Crippen LogP contribution in [0.4, 0.5) is 4.79 Å². The fourth-order valence-corrected chi connectivity index (χ4v) is 3.87. The van der Waals surface area contributed by atoms with Gasteiger partial charge in [0.05, 0.1) is 18.2 Å². The summed E-state index contributed by atoms with van der Waals surface area (Å²) in [6, 6.07) is 9.97. The van der Waals surface area contributed by atoms with Gasteiger partial charge in [-0.25, -0.2) is 9.78 Å². The van der Waals surface area contributed by atoms with E-state index in [-0.39, 0.29) is 17.9 Å². The van der Waals surface area contributed by atoms with Gasteiger partial charge in [-0.1, -0.05) is 30.3 Å². The molecule has 0 unspecified atom stereocenters. The summed E-state index contributed by atoms with van der Waals surface area (Å²) in [5.41, 5.74) is 1.45. The lowest BCUT2D eigenvalue weighted by Gasteiger charge is -2.33. The molecule has 1 aromatic heterocycles. The highest BCUT2D eigenvalue weighted by atomic mass is 32.1. The summed E-state index contributed by atoms with van der Waals surface area (Å²) in [7, 11) is 0. The second kappa shape index (κ2) is 8.73. The Bertz CT molecular complexity index is 814. The quantitative estimate of drug-likeness (QED) is 0.838. The molecule has 0 saturated carbocycles. The maximum absolute atomic E-state index is 12.6. The van der Waals surface area contributed by atoms with Crippen molar-refractivity contribution in [1.29, 1.82) is 0 Å². The van der Waals surface area contributed by atoms with E-state index < -0.39 is 5.60 Å². The number of thiazole rings is 1. The van der Waals surface area contributed by atoms with Crippen LogP contribution in [0.3, 0.4) is 0 Å². The van der Waals surface area contributed by atoms with Crippen molar-refractivity contribution in [2.45, 2.75) is 45.8 Å².